The van der Waals surface area contributed by atoms with E-state index < -0.39 is 18.2 Å². The number of rotatable bonds is 10. The summed E-state index contributed by atoms with van der Waals surface area (Å²) >= 11 is 0. The van der Waals surface area contributed by atoms with E-state index in [2.05, 4.69) is 29.4 Å². The Bertz CT molecular complexity index is 1040. The van der Waals surface area contributed by atoms with Crippen LogP contribution >= 0.6 is 0 Å². The number of anilines is 1. The predicted octanol–water partition coefficient (Wildman–Crippen LogP) is 5.30. The first-order valence-corrected chi connectivity index (χ1v) is 13.3. The first-order chi connectivity index (χ1) is 17.0. The highest BCUT2D eigenvalue weighted by molar-refractivity contribution is 5.76. The van der Waals surface area contributed by atoms with Crippen LogP contribution in [0.2, 0.25) is 0 Å². The van der Waals surface area contributed by atoms with Crippen LogP contribution in [-0.2, 0) is 17.6 Å². The molecule has 7 heteroatoms. The number of aromatic nitrogens is 2. The maximum atomic E-state index is 15.1. The SMILES string of the molecule is CC1CCc2ccc(CCCCC(F)C3CCN(C(C(=O)O)c4cccnc4C4CC4)C3)nc2N1. The number of fused-ring (bicyclic) bond motifs is 1. The van der Waals surface area contributed by atoms with Gasteiger partial charge < -0.3 is 10.4 Å². The lowest BCUT2D eigenvalue weighted by molar-refractivity contribution is -0.143. The molecule has 5 rings (SSSR count). The highest BCUT2D eigenvalue weighted by Crippen LogP contribution is 2.43. The number of nitrogens with zero attached hydrogens (tertiary/aromatic N) is 3. The monoisotopic (exact) mass is 480 g/mol. The van der Waals surface area contributed by atoms with E-state index in [4.69, 9.17) is 4.98 Å². The molecular formula is C28H37FN4O2. The molecule has 2 aromatic heterocycles. The van der Waals surface area contributed by atoms with E-state index in [0.717, 1.165) is 67.7 Å². The molecule has 4 heterocycles. The zero-order valence-electron chi connectivity index (χ0n) is 20.6. The summed E-state index contributed by atoms with van der Waals surface area (Å²) in [6.45, 7) is 3.29. The number of alkyl halides is 1. The van der Waals surface area contributed by atoms with Gasteiger partial charge in [0.05, 0.1) is 0 Å². The quantitative estimate of drug-likeness (QED) is 0.450. The minimum absolute atomic E-state index is 0.106. The van der Waals surface area contributed by atoms with Gasteiger partial charge in [-0.25, -0.2) is 9.37 Å². The molecule has 35 heavy (non-hydrogen) atoms. The van der Waals surface area contributed by atoms with E-state index in [1.54, 1.807) is 6.20 Å². The van der Waals surface area contributed by atoms with Crippen molar-refractivity contribution in [1.82, 2.24) is 14.9 Å². The molecule has 1 saturated carbocycles. The Morgan fingerprint density at radius 3 is 2.89 bits per heavy atom. The zero-order valence-corrected chi connectivity index (χ0v) is 20.6. The highest BCUT2D eigenvalue weighted by atomic mass is 19.1. The van der Waals surface area contributed by atoms with Crippen LogP contribution in [0.5, 0.6) is 0 Å². The summed E-state index contributed by atoms with van der Waals surface area (Å²) in [5, 5.41) is 13.5. The van der Waals surface area contributed by atoms with Gasteiger partial charge in [0, 0.05) is 47.6 Å². The standard InChI is InChI=1S/C28H37FN4O2/c1-18-8-9-20-12-13-22(32-27(20)31-18)5-2-3-7-24(29)21-14-16-33(17-21)26(28(34)35)23-6-4-15-30-25(23)19-10-11-19/h4,6,12-13,15,18-19,21,24,26H,2-3,5,7-11,14,16-17H2,1H3,(H,31,32)(H,34,35). The third kappa shape index (κ3) is 5.66. The second-order valence-electron chi connectivity index (χ2n) is 10.7. The summed E-state index contributed by atoms with van der Waals surface area (Å²) in [5.74, 6) is 0.425. The number of nitrogens with one attached hydrogen (secondary N) is 1. The molecule has 188 valence electrons. The lowest BCUT2D eigenvalue weighted by Gasteiger charge is -2.26. The van der Waals surface area contributed by atoms with Gasteiger partial charge >= 0.3 is 5.97 Å². The fourth-order valence-electron chi connectivity index (χ4n) is 5.74. The fourth-order valence-corrected chi connectivity index (χ4v) is 5.74. The van der Waals surface area contributed by atoms with Crippen LogP contribution in [0.1, 0.15) is 86.3 Å². The number of pyridine rings is 2. The average Bonchev–Trinajstić information content (AvgIpc) is 3.59. The Labute approximate surface area is 207 Å². The topological polar surface area (TPSA) is 78.4 Å². The lowest BCUT2D eigenvalue weighted by atomic mass is 9.97. The number of carbonyl (C=O) groups is 1. The Kier molecular flexibility index (Phi) is 7.32. The van der Waals surface area contributed by atoms with Crippen molar-refractivity contribution in [2.45, 2.75) is 88.9 Å². The third-order valence-electron chi connectivity index (χ3n) is 7.93. The van der Waals surface area contributed by atoms with Crippen molar-refractivity contribution in [3.05, 3.63) is 53.0 Å². The molecule has 4 unspecified atom stereocenters. The van der Waals surface area contributed by atoms with E-state index in [1.807, 2.05) is 17.0 Å². The number of carboxylic acid groups (broad SMARTS) is 1. The first-order valence-electron chi connectivity index (χ1n) is 13.3. The summed E-state index contributed by atoms with van der Waals surface area (Å²) in [6, 6.07) is 7.72. The highest BCUT2D eigenvalue weighted by Gasteiger charge is 2.39. The van der Waals surface area contributed by atoms with Crippen molar-refractivity contribution in [2.75, 3.05) is 18.4 Å². The smallest absolute Gasteiger partial charge is 0.325 e. The van der Waals surface area contributed by atoms with Crippen LogP contribution < -0.4 is 5.32 Å². The fraction of sp³-hybridized carbons (Fsp3) is 0.607. The molecule has 6 nitrogen and oxygen atoms in total. The van der Waals surface area contributed by atoms with Crippen molar-refractivity contribution in [1.29, 1.82) is 0 Å². The second-order valence-corrected chi connectivity index (χ2v) is 10.7. The number of hydrogen-bond donors (Lipinski definition) is 2. The number of likely N-dealkylation sites (tertiary alicyclic amines) is 1. The molecule has 1 saturated heterocycles. The normalized spacial score (nSPS) is 23.9. The van der Waals surface area contributed by atoms with Gasteiger partial charge in [0.2, 0.25) is 0 Å². The molecule has 0 radical (unpaired) electrons. The Balaban J connectivity index is 1.12. The van der Waals surface area contributed by atoms with Crippen LogP contribution in [0, 0.1) is 5.92 Å². The Hall–Kier alpha value is -2.54. The molecule has 4 atom stereocenters. The summed E-state index contributed by atoms with van der Waals surface area (Å²) in [5.41, 5.74) is 4.07. The third-order valence-corrected chi connectivity index (χ3v) is 7.93. The van der Waals surface area contributed by atoms with Gasteiger partial charge in [-0.3, -0.25) is 14.7 Å². The van der Waals surface area contributed by atoms with Gasteiger partial charge in [-0.1, -0.05) is 18.6 Å². The molecule has 0 spiro atoms. The van der Waals surface area contributed by atoms with E-state index in [-0.39, 0.29) is 5.92 Å². The van der Waals surface area contributed by atoms with Crippen LogP contribution in [-0.4, -0.2) is 51.2 Å². The summed E-state index contributed by atoms with van der Waals surface area (Å²) in [4.78, 5) is 23.5. The van der Waals surface area contributed by atoms with Gasteiger partial charge in [-0.15, -0.1) is 0 Å². The van der Waals surface area contributed by atoms with Crippen LogP contribution in [0.15, 0.2) is 30.5 Å². The van der Waals surface area contributed by atoms with Gasteiger partial charge in [0.1, 0.15) is 18.0 Å². The van der Waals surface area contributed by atoms with E-state index in [1.165, 1.54) is 5.56 Å². The van der Waals surface area contributed by atoms with Gasteiger partial charge in [0.15, 0.2) is 0 Å². The molecule has 2 aliphatic heterocycles. The number of hydrogen-bond acceptors (Lipinski definition) is 5. The van der Waals surface area contributed by atoms with Gasteiger partial charge in [-0.2, -0.15) is 0 Å². The second kappa shape index (κ2) is 10.6. The zero-order chi connectivity index (χ0) is 24.4. The molecule has 2 N–H and O–H groups in total. The minimum atomic E-state index is -0.898. The van der Waals surface area contributed by atoms with Crippen molar-refractivity contribution in [2.24, 2.45) is 5.92 Å². The van der Waals surface area contributed by atoms with Crippen LogP contribution in [0.4, 0.5) is 10.2 Å². The van der Waals surface area contributed by atoms with E-state index in [9.17, 15) is 9.90 Å². The van der Waals surface area contributed by atoms with Crippen molar-refractivity contribution < 1.29 is 14.3 Å². The Morgan fingerprint density at radius 2 is 2.09 bits per heavy atom. The molecular weight excluding hydrogens is 443 g/mol. The summed E-state index contributed by atoms with van der Waals surface area (Å²) in [6.07, 6.45) is 9.03. The summed E-state index contributed by atoms with van der Waals surface area (Å²) < 4.78 is 15.1. The number of aliphatic carboxylic acids is 1. The van der Waals surface area contributed by atoms with Crippen molar-refractivity contribution in [3.63, 3.8) is 0 Å². The molecule has 3 aliphatic rings. The minimum Gasteiger partial charge on any atom is -0.480 e. The van der Waals surface area contributed by atoms with Crippen molar-refractivity contribution in [3.8, 4) is 0 Å². The molecule has 2 fully saturated rings. The molecule has 2 aromatic rings. The molecule has 0 aromatic carbocycles. The molecule has 0 amide bonds. The number of halogens is 1. The van der Waals surface area contributed by atoms with E-state index >= 15 is 4.39 Å². The predicted molar refractivity (Wildman–Crippen MR) is 134 cm³/mol. The van der Waals surface area contributed by atoms with Crippen molar-refractivity contribution >= 4 is 11.8 Å². The summed E-state index contributed by atoms with van der Waals surface area (Å²) in [7, 11) is 0. The molecule has 1 aliphatic carbocycles. The average molecular weight is 481 g/mol. The largest absolute Gasteiger partial charge is 0.480 e. The number of carboxylic acids is 1. The molecule has 0 bridgehead atoms. The number of aryl methyl sites for hydroxylation is 2. The van der Waals surface area contributed by atoms with Crippen LogP contribution in [0.3, 0.4) is 0 Å². The first kappa shape index (κ1) is 24.2. The van der Waals surface area contributed by atoms with Gasteiger partial charge in [0.25, 0.3) is 0 Å². The van der Waals surface area contributed by atoms with Gasteiger partial charge in [-0.05, 0) is 82.5 Å². The maximum absolute atomic E-state index is 15.1. The van der Waals surface area contributed by atoms with E-state index in [0.29, 0.717) is 37.9 Å². The lowest BCUT2D eigenvalue weighted by Crippen LogP contribution is -2.34. The number of unbranched alkanes of at least 4 members (excludes halogenated alkanes) is 1. The Morgan fingerprint density at radius 1 is 1.23 bits per heavy atom. The van der Waals surface area contributed by atoms with Crippen LogP contribution in [0.25, 0.3) is 0 Å². The maximum Gasteiger partial charge on any atom is 0.325 e.